The third-order valence-corrected chi connectivity index (χ3v) is 5.73. The summed E-state index contributed by atoms with van der Waals surface area (Å²) in [5.74, 6) is -0.927. The highest BCUT2D eigenvalue weighted by molar-refractivity contribution is 7.18. The Bertz CT molecular complexity index is 890. The van der Waals surface area contributed by atoms with E-state index in [0.717, 1.165) is 49.2 Å². The standard InChI is InChI=1S/C19H20F3N3O3S/c1-11-16(29-18(23-11)25(12(2)26)14-5-3-4-6-14)17(27)24-13-7-9-15(10-8-13)28-19(20,21)22/h7-10,14H,3-6H2,1-2H3,(H,24,27). The van der Waals surface area contributed by atoms with Crippen molar-refractivity contribution in [2.75, 3.05) is 10.2 Å². The van der Waals surface area contributed by atoms with Crippen LogP contribution in [0, 0.1) is 6.92 Å². The van der Waals surface area contributed by atoms with Crippen LogP contribution in [0.5, 0.6) is 5.75 Å². The lowest BCUT2D eigenvalue weighted by Crippen LogP contribution is -2.37. The monoisotopic (exact) mass is 427 g/mol. The first-order valence-corrected chi connectivity index (χ1v) is 9.90. The second-order valence-electron chi connectivity index (χ2n) is 6.76. The van der Waals surface area contributed by atoms with E-state index in [9.17, 15) is 22.8 Å². The number of aromatic nitrogens is 1. The van der Waals surface area contributed by atoms with Gasteiger partial charge in [0.25, 0.3) is 5.91 Å². The van der Waals surface area contributed by atoms with E-state index in [2.05, 4.69) is 15.0 Å². The zero-order chi connectivity index (χ0) is 21.2. The molecular formula is C19H20F3N3O3S. The number of halogens is 3. The van der Waals surface area contributed by atoms with Gasteiger partial charge in [0.15, 0.2) is 5.13 Å². The summed E-state index contributed by atoms with van der Waals surface area (Å²) in [7, 11) is 0. The fourth-order valence-corrected chi connectivity index (χ4v) is 4.41. The predicted molar refractivity (Wildman–Crippen MR) is 103 cm³/mol. The number of anilines is 2. The SMILES string of the molecule is CC(=O)N(c1nc(C)c(C(=O)Nc2ccc(OC(F)(F)F)cc2)s1)C1CCCC1. The van der Waals surface area contributed by atoms with Crippen LogP contribution in [0.25, 0.3) is 0 Å². The van der Waals surface area contributed by atoms with Gasteiger partial charge in [-0.2, -0.15) is 0 Å². The van der Waals surface area contributed by atoms with Gasteiger partial charge < -0.3 is 10.1 Å². The number of alkyl halides is 3. The number of amides is 2. The molecule has 2 amide bonds. The maximum absolute atomic E-state index is 12.6. The van der Waals surface area contributed by atoms with Crippen LogP contribution >= 0.6 is 11.3 Å². The van der Waals surface area contributed by atoms with E-state index < -0.39 is 12.3 Å². The Hall–Kier alpha value is -2.62. The number of hydrogen-bond donors (Lipinski definition) is 1. The van der Waals surface area contributed by atoms with Crippen LogP contribution < -0.4 is 15.0 Å². The molecule has 0 atom stereocenters. The molecule has 0 saturated heterocycles. The molecule has 0 spiro atoms. The van der Waals surface area contributed by atoms with Gasteiger partial charge >= 0.3 is 6.36 Å². The molecule has 1 aliphatic carbocycles. The van der Waals surface area contributed by atoms with E-state index in [-0.39, 0.29) is 17.7 Å². The number of rotatable bonds is 5. The first-order valence-electron chi connectivity index (χ1n) is 9.08. The molecule has 1 N–H and O–H groups in total. The number of hydrogen-bond acceptors (Lipinski definition) is 5. The minimum absolute atomic E-state index is 0.0927. The van der Waals surface area contributed by atoms with Gasteiger partial charge in [-0.25, -0.2) is 4.98 Å². The van der Waals surface area contributed by atoms with Crippen molar-refractivity contribution in [1.82, 2.24) is 4.98 Å². The fraction of sp³-hybridized carbons (Fsp3) is 0.421. The van der Waals surface area contributed by atoms with Crippen LogP contribution in [0.3, 0.4) is 0 Å². The lowest BCUT2D eigenvalue weighted by Gasteiger charge is -2.24. The van der Waals surface area contributed by atoms with Crippen LogP contribution in [0.2, 0.25) is 0 Å². The Morgan fingerprint density at radius 1 is 1.21 bits per heavy atom. The molecule has 0 radical (unpaired) electrons. The number of nitrogens with zero attached hydrogens (tertiary/aromatic N) is 2. The van der Waals surface area contributed by atoms with E-state index in [4.69, 9.17) is 0 Å². The molecule has 10 heteroatoms. The van der Waals surface area contributed by atoms with Gasteiger partial charge in [0.2, 0.25) is 5.91 Å². The molecule has 1 saturated carbocycles. The second kappa shape index (κ2) is 8.40. The van der Waals surface area contributed by atoms with Crippen molar-refractivity contribution in [3.05, 3.63) is 34.8 Å². The molecule has 0 aliphatic heterocycles. The number of thiazole rings is 1. The van der Waals surface area contributed by atoms with Gasteiger partial charge in [0, 0.05) is 18.7 Å². The maximum Gasteiger partial charge on any atom is 0.573 e. The summed E-state index contributed by atoms with van der Waals surface area (Å²) in [6.45, 7) is 3.17. The third kappa shape index (κ3) is 5.26. The Balaban J connectivity index is 1.73. The largest absolute Gasteiger partial charge is 0.573 e. The molecule has 1 aromatic heterocycles. The third-order valence-electron chi connectivity index (χ3n) is 4.57. The Labute approximate surface area is 169 Å². The molecule has 156 valence electrons. The number of carbonyl (C=O) groups is 2. The lowest BCUT2D eigenvalue weighted by atomic mass is 10.2. The highest BCUT2D eigenvalue weighted by atomic mass is 32.1. The van der Waals surface area contributed by atoms with Crippen molar-refractivity contribution >= 4 is 34.0 Å². The van der Waals surface area contributed by atoms with Gasteiger partial charge in [0.05, 0.1) is 5.69 Å². The first kappa shape index (κ1) is 21.1. The Morgan fingerprint density at radius 2 is 1.83 bits per heavy atom. The van der Waals surface area contributed by atoms with Crippen molar-refractivity contribution in [1.29, 1.82) is 0 Å². The summed E-state index contributed by atoms with van der Waals surface area (Å²) in [5, 5.41) is 3.12. The van der Waals surface area contributed by atoms with E-state index in [1.54, 1.807) is 11.8 Å². The molecular weight excluding hydrogens is 407 g/mol. The highest BCUT2D eigenvalue weighted by Crippen LogP contribution is 2.33. The van der Waals surface area contributed by atoms with E-state index >= 15 is 0 Å². The molecule has 29 heavy (non-hydrogen) atoms. The predicted octanol–water partition coefficient (Wildman–Crippen LogP) is 4.90. The van der Waals surface area contributed by atoms with E-state index in [1.807, 2.05) is 0 Å². The molecule has 0 unspecified atom stereocenters. The minimum atomic E-state index is -4.77. The second-order valence-corrected chi connectivity index (χ2v) is 7.74. The topological polar surface area (TPSA) is 71.5 Å². The number of ether oxygens (including phenoxy) is 1. The molecule has 1 aromatic carbocycles. The zero-order valence-corrected chi connectivity index (χ0v) is 16.7. The molecule has 3 rings (SSSR count). The number of benzene rings is 1. The normalized spacial score (nSPS) is 14.7. The molecule has 0 bridgehead atoms. The molecule has 1 fully saturated rings. The minimum Gasteiger partial charge on any atom is -0.406 e. The zero-order valence-electron chi connectivity index (χ0n) is 15.9. The van der Waals surface area contributed by atoms with Crippen LogP contribution in [-0.4, -0.2) is 29.2 Å². The summed E-state index contributed by atoms with van der Waals surface area (Å²) in [5.41, 5.74) is 0.807. The smallest absolute Gasteiger partial charge is 0.406 e. The van der Waals surface area contributed by atoms with Crippen LogP contribution in [0.4, 0.5) is 24.0 Å². The number of aryl methyl sites for hydroxylation is 1. The van der Waals surface area contributed by atoms with Crippen LogP contribution in [-0.2, 0) is 4.79 Å². The summed E-state index contributed by atoms with van der Waals surface area (Å²) in [6, 6.07) is 4.96. The molecule has 1 heterocycles. The lowest BCUT2D eigenvalue weighted by molar-refractivity contribution is -0.274. The quantitative estimate of drug-likeness (QED) is 0.737. The number of carbonyl (C=O) groups excluding carboxylic acids is 2. The Morgan fingerprint density at radius 3 is 2.38 bits per heavy atom. The molecule has 1 aliphatic rings. The summed E-state index contributed by atoms with van der Waals surface area (Å²) >= 11 is 1.13. The summed E-state index contributed by atoms with van der Waals surface area (Å²) in [4.78, 5) is 31.2. The van der Waals surface area contributed by atoms with Gasteiger partial charge in [-0.05, 0) is 44.0 Å². The van der Waals surface area contributed by atoms with Gasteiger partial charge in [-0.3, -0.25) is 14.5 Å². The summed E-state index contributed by atoms with van der Waals surface area (Å²) < 4.78 is 40.5. The van der Waals surface area contributed by atoms with Crippen molar-refractivity contribution in [3.63, 3.8) is 0 Å². The fourth-order valence-electron chi connectivity index (χ4n) is 3.33. The van der Waals surface area contributed by atoms with Crippen molar-refractivity contribution in [2.24, 2.45) is 0 Å². The number of nitrogens with one attached hydrogen (secondary N) is 1. The maximum atomic E-state index is 12.6. The molecule has 2 aromatic rings. The van der Waals surface area contributed by atoms with Gasteiger partial charge in [-0.15, -0.1) is 13.2 Å². The average Bonchev–Trinajstić information content (AvgIpc) is 3.25. The van der Waals surface area contributed by atoms with E-state index in [0.29, 0.717) is 21.4 Å². The first-order chi connectivity index (χ1) is 13.6. The van der Waals surface area contributed by atoms with Crippen molar-refractivity contribution < 1.29 is 27.5 Å². The van der Waals surface area contributed by atoms with Crippen molar-refractivity contribution in [2.45, 2.75) is 51.9 Å². The summed E-state index contributed by atoms with van der Waals surface area (Å²) in [6.07, 6.45) is -0.846. The highest BCUT2D eigenvalue weighted by Gasteiger charge is 2.31. The van der Waals surface area contributed by atoms with Crippen molar-refractivity contribution in [3.8, 4) is 5.75 Å². The van der Waals surface area contributed by atoms with Gasteiger partial charge in [0.1, 0.15) is 10.6 Å². The average molecular weight is 427 g/mol. The molecule has 6 nitrogen and oxygen atoms in total. The van der Waals surface area contributed by atoms with E-state index in [1.165, 1.54) is 19.1 Å². The Kier molecular flexibility index (Phi) is 6.11. The van der Waals surface area contributed by atoms with Crippen LogP contribution in [0.15, 0.2) is 24.3 Å². The van der Waals surface area contributed by atoms with Gasteiger partial charge in [-0.1, -0.05) is 24.2 Å². The van der Waals surface area contributed by atoms with Crippen LogP contribution in [0.1, 0.15) is 48.0 Å².